The molecule has 0 unspecified atom stereocenters. The second kappa shape index (κ2) is 8.45. The minimum Gasteiger partial charge on any atom is -0.434 e. The minimum absolute atomic E-state index is 0.0196. The molecule has 0 saturated carbocycles. The molecule has 0 saturated heterocycles. The van der Waals surface area contributed by atoms with E-state index in [1.807, 2.05) is 20.8 Å². The van der Waals surface area contributed by atoms with Crippen LogP contribution >= 0.6 is 23.2 Å². The summed E-state index contributed by atoms with van der Waals surface area (Å²) in [6.45, 7) is 7.41. The van der Waals surface area contributed by atoms with Crippen molar-refractivity contribution in [3.05, 3.63) is 70.7 Å². The molecule has 2 N–H and O–H groups in total. The standard InChI is InChI=1S/C19H19Cl2N5O4/c1-8(2)9(3)12-7-15(23-24-18(12)28)30-16-13(20)5-11(6-14(16)21)26-19(29)22-17(27)10(4)25-26/h5-9H,1-4H3,(H,24,28)(H,22,27,29)/t9-/m0/s1. The Morgan fingerprint density at radius 3 is 2.27 bits per heavy atom. The van der Waals surface area contributed by atoms with Crippen LogP contribution in [0.25, 0.3) is 5.69 Å². The van der Waals surface area contributed by atoms with Gasteiger partial charge in [-0.15, -0.1) is 5.10 Å². The van der Waals surface area contributed by atoms with E-state index in [0.29, 0.717) is 5.56 Å². The average Bonchev–Trinajstić information content (AvgIpc) is 2.68. The first-order valence-electron chi connectivity index (χ1n) is 9.05. The lowest BCUT2D eigenvalue weighted by Crippen LogP contribution is -2.32. The summed E-state index contributed by atoms with van der Waals surface area (Å²) in [4.78, 5) is 37.8. The van der Waals surface area contributed by atoms with E-state index in [4.69, 9.17) is 27.9 Å². The van der Waals surface area contributed by atoms with Gasteiger partial charge >= 0.3 is 5.69 Å². The van der Waals surface area contributed by atoms with Gasteiger partial charge in [-0.3, -0.25) is 14.6 Å². The number of rotatable bonds is 5. The number of hydrogen-bond donors (Lipinski definition) is 2. The number of aromatic nitrogens is 5. The van der Waals surface area contributed by atoms with Gasteiger partial charge in [-0.25, -0.2) is 9.89 Å². The fourth-order valence-electron chi connectivity index (χ4n) is 2.68. The van der Waals surface area contributed by atoms with E-state index in [0.717, 1.165) is 4.68 Å². The Morgan fingerprint density at radius 1 is 1.03 bits per heavy atom. The van der Waals surface area contributed by atoms with Crippen LogP contribution in [0.15, 0.2) is 32.6 Å². The van der Waals surface area contributed by atoms with Crippen molar-refractivity contribution in [2.75, 3.05) is 0 Å². The Bertz CT molecular complexity index is 1260. The van der Waals surface area contributed by atoms with Crippen LogP contribution in [0.5, 0.6) is 11.6 Å². The Balaban J connectivity index is 2.01. The molecule has 0 spiro atoms. The van der Waals surface area contributed by atoms with Crippen LogP contribution in [0.4, 0.5) is 0 Å². The first-order valence-corrected chi connectivity index (χ1v) is 9.81. The maximum absolute atomic E-state index is 12.1. The van der Waals surface area contributed by atoms with E-state index in [2.05, 4.69) is 20.3 Å². The van der Waals surface area contributed by atoms with E-state index >= 15 is 0 Å². The number of hydrogen-bond acceptors (Lipinski definition) is 6. The van der Waals surface area contributed by atoms with Crippen LogP contribution in [0.3, 0.4) is 0 Å². The number of ether oxygens (including phenoxy) is 1. The van der Waals surface area contributed by atoms with Gasteiger partial charge in [-0.1, -0.05) is 44.0 Å². The summed E-state index contributed by atoms with van der Waals surface area (Å²) in [6.07, 6.45) is 0. The van der Waals surface area contributed by atoms with Crippen molar-refractivity contribution in [1.82, 2.24) is 25.0 Å². The first kappa shape index (κ1) is 21.8. The van der Waals surface area contributed by atoms with E-state index in [-0.39, 0.29) is 50.5 Å². The molecule has 0 bridgehead atoms. The molecule has 1 aromatic carbocycles. The van der Waals surface area contributed by atoms with Crippen molar-refractivity contribution >= 4 is 23.2 Å². The van der Waals surface area contributed by atoms with Crippen molar-refractivity contribution in [2.45, 2.75) is 33.6 Å². The second-order valence-electron chi connectivity index (χ2n) is 7.12. The first-order chi connectivity index (χ1) is 14.1. The second-order valence-corrected chi connectivity index (χ2v) is 7.93. The van der Waals surface area contributed by atoms with Gasteiger partial charge in [0.15, 0.2) is 5.75 Å². The van der Waals surface area contributed by atoms with Crippen LogP contribution in [0.1, 0.15) is 37.9 Å². The molecule has 3 aromatic rings. The van der Waals surface area contributed by atoms with Crippen LogP contribution < -0.4 is 21.5 Å². The SMILES string of the molecule is Cc1nn(-c2cc(Cl)c(Oc3cc([C@@H](C)C(C)C)c(=O)[nH]n3)c(Cl)c2)c(=O)[nH]c1=O. The van der Waals surface area contributed by atoms with Gasteiger partial charge in [0.05, 0.1) is 15.7 Å². The largest absolute Gasteiger partial charge is 0.434 e. The number of halogens is 2. The van der Waals surface area contributed by atoms with Crippen molar-refractivity contribution in [1.29, 1.82) is 0 Å². The van der Waals surface area contributed by atoms with Crippen LogP contribution in [0.2, 0.25) is 10.0 Å². The highest BCUT2D eigenvalue weighted by Gasteiger charge is 2.18. The minimum atomic E-state index is -0.735. The maximum atomic E-state index is 12.1. The fraction of sp³-hybridized carbons (Fsp3) is 0.316. The van der Waals surface area contributed by atoms with E-state index < -0.39 is 11.2 Å². The number of nitrogens with one attached hydrogen (secondary N) is 2. The quantitative estimate of drug-likeness (QED) is 0.613. The van der Waals surface area contributed by atoms with Crippen LogP contribution in [0, 0.1) is 12.8 Å². The zero-order valence-electron chi connectivity index (χ0n) is 16.6. The van der Waals surface area contributed by atoms with E-state index in [1.54, 1.807) is 6.07 Å². The third kappa shape index (κ3) is 4.31. The molecule has 3 rings (SSSR count). The van der Waals surface area contributed by atoms with Gasteiger partial charge in [0.2, 0.25) is 5.88 Å². The van der Waals surface area contributed by atoms with Crippen molar-refractivity contribution in [3.8, 4) is 17.3 Å². The number of aromatic amines is 2. The molecule has 9 nitrogen and oxygen atoms in total. The summed E-state index contributed by atoms with van der Waals surface area (Å²) >= 11 is 12.6. The fourth-order valence-corrected chi connectivity index (χ4v) is 3.23. The summed E-state index contributed by atoms with van der Waals surface area (Å²) in [5, 5.41) is 10.4. The highest BCUT2D eigenvalue weighted by molar-refractivity contribution is 6.37. The summed E-state index contributed by atoms with van der Waals surface area (Å²) < 4.78 is 6.69. The molecule has 2 aromatic heterocycles. The Morgan fingerprint density at radius 2 is 1.67 bits per heavy atom. The van der Waals surface area contributed by atoms with Gasteiger partial charge in [0.25, 0.3) is 11.1 Å². The monoisotopic (exact) mass is 451 g/mol. The number of nitrogens with zero attached hydrogens (tertiary/aromatic N) is 3. The number of benzene rings is 1. The predicted molar refractivity (Wildman–Crippen MR) is 113 cm³/mol. The zero-order valence-corrected chi connectivity index (χ0v) is 18.1. The average molecular weight is 452 g/mol. The smallest absolute Gasteiger partial charge is 0.349 e. The van der Waals surface area contributed by atoms with Crippen LogP contribution in [-0.2, 0) is 0 Å². The normalized spacial score (nSPS) is 12.2. The van der Waals surface area contributed by atoms with Crippen molar-refractivity contribution < 1.29 is 4.74 Å². The number of aryl methyl sites for hydroxylation is 1. The molecule has 0 aliphatic heterocycles. The van der Waals surface area contributed by atoms with Crippen LogP contribution in [-0.4, -0.2) is 25.0 Å². The molecule has 2 heterocycles. The molecule has 11 heteroatoms. The van der Waals surface area contributed by atoms with Crippen molar-refractivity contribution in [3.63, 3.8) is 0 Å². The maximum Gasteiger partial charge on any atom is 0.349 e. The molecular formula is C19H19Cl2N5O4. The van der Waals surface area contributed by atoms with Gasteiger partial charge in [-0.05, 0) is 30.9 Å². The highest BCUT2D eigenvalue weighted by atomic mass is 35.5. The zero-order chi connectivity index (χ0) is 22.2. The summed E-state index contributed by atoms with van der Waals surface area (Å²) in [5.74, 6) is 0.427. The Labute approximate surface area is 180 Å². The predicted octanol–water partition coefficient (Wildman–Crippen LogP) is 3.17. The van der Waals surface area contributed by atoms with Crippen molar-refractivity contribution in [2.24, 2.45) is 5.92 Å². The molecule has 0 amide bonds. The van der Waals surface area contributed by atoms with E-state index in [1.165, 1.54) is 19.1 Å². The molecule has 0 radical (unpaired) electrons. The number of H-pyrrole nitrogens is 2. The molecule has 158 valence electrons. The molecule has 0 fully saturated rings. The third-order valence-electron chi connectivity index (χ3n) is 4.73. The molecule has 30 heavy (non-hydrogen) atoms. The summed E-state index contributed by atoms with van der Waals surface area (Å²) in [5.41, 5.74) is -0.741. The van der Waals surface area contributed by atoms with Gasteiger partial charge in [0, 0.05) is 11.6 Å². The lowest BCUT2D eigenvalue weighted by Gasteiger charge is -2.16. The lowest BCUT2D eigenvalue weighted by atomic mass is 9.91. The van der Waals surface area contributed by atoms with Gasteiger partial charge < -0.3 is 4.74 Å². The Kier molecular flexibility index (Phi) is 6.14. The topological polar surface area (TPSA) is 123 Å². The lowest BCUT2D eigenvalue weighted by molar-refractivity contribution is 0.448. The summed E-state index contributed by atoms with van der Waals surface area (Å²) in [6, 6.07) is 4.37. The third-order valence-corrected chi connectivity index (χ3v) is 5.29. The molecular weight excluding hydrogens is 433 g/mol. The van der Waals surface area contributed by atoms with Gasteiger partial charge in [-0.2, -0.15) is 9.78 Å². The highest BCUT2D eigenvalue weighted by Crippen LogP contribution is 2.37. The van der Waals surface area contributed by atoms with Gasteiger partial charge in [0.1, 0.15) is 5.69 Å². The molecule has 0 aliphatic rings. The molecule has 1 atom stereocenters. The van der Waals surface area contributed by atoms with E-state index in [9.17, 15) is 14.4 Å². The molecule has 0 aliphatic carbocycles. The summed E-state index contributed by atoms with van der Waals surface area (Å²) in [7, 11) is 0. The Hall–Kier alpha value is -2.91.